The Balaban J connectivity index is 1.75. The first-order valence-electron chi connectivity index (χ1n) is 10.2. The van der Waals surface area contributed by atoms with Crippen molar-refractivity contribution in [3.8, 4) is 22.8 Å². The van der Waals surface area contributed by atoms with Crippen molar-refractivity contribution in [3.05, 3.63) is 59.8 Å². The second kappa shape index (κ2) is 9.59. The Labute approximate surface area is 193 Å². The number of nitrogens with zero attached hydrogens (tertiary/aromatic N) is 2. The second-order valence-corrected chi connectivity index (χ2v) is 9.63. The lowest BCUT2D eigenvalue weighted by molar-refractivity contribution is -0.115. The largest absolute Gasteiger partial charge is 0.493 e. The fourth-order valence-corrected chi connectivity index (χ4v) is 4.61. The van der Waals surface area contributed by atoms with Gasteiger partial charge in [0.2, 0.25) is 11.8 Å². The van der Waals surface area contributed by atoms with Crippen LogP contribution in [0.25, 0.3) is 11.1 Å². The van der Waals surface area contributed by atoms with Crippen molar-refractivity contribution in [3.63, 3.8) is 0 Å². The summed E-state index contributed by atoms with van der Waals surface area (Å²) in [5.41, 5.74) is 5.79. The van der Waals surface area contributed by atoms with Gasteiger partial charge < -0.3 is 20.5 Å². The number of primary amides is 1. The number of ether oxygens (including phenoxy) is 2. The highest BCUT2D eigenvalue weighted by atomic mass is 32.2. The summed E-state index contributed by atoms with van der Waals surface area (Å²) in [6, 6.07) is 8.08. The molecule has 0 aliphatic carbocycles. The van der Waals surface area contributed by atoms with Crippen molar-refractivity contribution in [1.82, 2.24) is 9.97 Å². The van der Waals surface area contributed by atoms with E-state index in [1.807, 2.05) is 0 Å². The maximum Gasteiger partial charge on any atom is 0.232 e. The number of rotatable bonds is 4. The third-order valence-electron chi connectivity index (χ3n) is 4.75. The average Bonchev–Trinajstić information content (AvgIpc) is 2.73. The quantitative estimate of drug-likeness (QED) is 0.570. The number of halogens is 2. The van der Waals surface area contributed by atoms with E-state index in [4.69, 9.17) is 15.2 Å². The van der Waals surface area contributed by atoms with Gasteiger partial charge in [-0.25, -0.2) is 22.2 Å². The lowest BCUT2D eigenvalue weighted by atomic mass is 10.0. The first-order valence-corrected chi connectivity index (χ1v) is 12.0. The lowest BCUT2D eigenvalue weighted by Gasteiger charge is -2.16. The Morgan fingerprint density at radius 3 is 2.65 bits per heavy atom. The van der Waals surface area contributed by atoms with E-state index in [1.165, 1.54) is 36.4 Å². The molecular weight excluding hydrogens is 470 g/mol. The second-order valence-electron chi connectivity index (χ2n) is 7.56. The first-order chi connectivity index (χ1) is 16.2. The van der Waals surface area contributed by atoms with Crippen molar-refractivity contribution in [1.29, 1.82) is 0 Å². The highest BCUT2D eigenvalue weighted by molar-refractivity contribution is 7.91. The van der Waals surface area contributed by atoms with E-state index in [1.54, 1.807) is 0 Å². The van der Waals surface area contributed by atoms with Gasteiger partial charge in [0.15, 0.2) is 9.84 Å². The van der Waals surface area contributed by atoms with Gasteiger partial charge in [0.25, 0.3) is 0 Å². The molecule has 0 radical (unpaired) electrons. The van der Waals surface area contributed by atoms with Gasteiger partial charge in [-0.3, -0.25) is 4.79 Å². The van der Waals surface area contributed by atoms with Crippen molar-refractivity contribution in [2.75, 3.05) is 24.3 Å². The minimum absolute atomic E-state index is 0.125. The maximum absolute atomic E-state index is 14.6. The monoisotopic (exact) mass is 490 g/mol. The fourth-order valence-electron chi connectivity index (χ4n) is 3.40. The number of amides is 1. The molecule has 0 atom stereocenters. The van der Waals surface area contributed by atoms with Crippen molar-refractivity contribution < 1.29 is 31.5 Å². The van der Waals surface area contributed by atoms with E-state index in [-0.39, 0.29) is 42.0 Å². The molecule has 4 rings (SSSR count). The van der Waals surface area contributed by atoms with Gasteiger partial charge in [-0.2, -0.15) is 4.98 Å². The molecule has 1 amide bonds. The molecule has 0 saturated heterocycles. The number of fused-ring (bicyclic) bond motifs is 6. The molecule has 0 spiro atoms. The number of anilines is 2. The molecule has 4 bridgehead atoms. The lowest BCUT2D eigenvalue weighted by Crippen LogP contribution is -2.24. The normalized spacial score (nSPS) is 13.5. The van der Waals surface area contributed by atoms with Crippen molar-refractivity contribution in [2.24, 2.45) is 5.73 Å². The van der Waals surface area contributed by atoms with Crippen LogP contribution in [0.2, 0.25) is 0 Å². The molecule has 178 valence electrons. The number of sulfone groups is 1. The van der Waals surface area contributed by atoms with E-state index in [0.717, 1.165) is 6.20 Å². The zero-order valence-corrected chi connectivity index (χ0v) is 18.6. The molecule has 2 aromatic heterocycles. The predicted molar refractivity (Wildman–Crippen MR) is 119 cm³/mol. The standard InChI is InChI=1S/C22H20F2N4O5S/c23-14-2-3-15-16-9-20(26-10-17(16)24)27-21-6-13(11-34(30,31)12-19(25)29)7-22(28-21)33-5-1-4-32-18(15)8-14/h2-3,6-10H,1,4-5,11-12H2,(H2,25,29)(H,26,27,28). The summed E-state index contributed by atoms with van der Waals surface area (Å²) in [6.07, 6.45) is 1.38. The third-order valence-corrected chi connectivity index (χ3v) is 6.25. The van der Waals surface area contributed by atoms with E-state index >= 15 is 0 Å². The number of aromatic nitrogens is 2. The Morgan fingerprint density at radius 1 is 1.06 bits per heavy atom. The zero-order chi connectivity index (χ0) is 24.3. The van der Waals surface area contributed by atoms with Gasteiger partial charge in [-0.05, 0) is 29.8 Å². The smallest absolute Gasteiger partial charge is 0.232 e. The van der Waals surface area contributed by atoms with Gasteiger partial charge >= 0.3 is 0 Å². The van der Waals surface area contributed by atoms with Crippen molar-refractivity contribution in [2.45, 2.75) is 12.2 Å². The van der Waals surface area contributed by atoms with Crippen LogP contribution >= 0.6 is 0 Å². The van der Waals surface area contributed by atoms with Crippen LogP contribution in [-0.4, -0.2) is 43.3 Å². The highest BCUT2D eigenvalue weighted by Gasteiger charge is 2.19. The molecule has 1 aromatic carbocycles. The molecular formula is C22H20F2N4O5S. The Kier molecular flexibility index (Phi) is 6.59. The van der Waals surface area contributed by atoms with Gasteiger partial charge in [-0.1, -0.05) is 0 Å². The average molecular weight is 490 g/mol. The predicted octanol–water partition coefficient (Wildman–Crippen LogP) is 2.73. The van der Waals surface area contributed by atoms with Gasteiger partial charge in [0.1, 0.15) is 34.8 Å². The number of pyridine rings is 2. The Bertz CT molecular complexity index is 1350. The molecule has 3 heterocycles. The van der Waals surface area contributed by atoms with Crippen LogP contribution in [0.1, 0.15) is 12.0 Å². The van der Waals surface area contributed by atoms with Crippen LogP contribution in [0.3, 0.4) is 0 Å². The summed E-state index contributed by atoms with van der Waals surface area (Å²) in [7, 11) is -3.81. The van der Waals surface area contributed by atoms with Gasteiger partial charge in [-0.15, -0.1) is 0 Å². The molecule has 3 N–H and O–H groups in total. The van der Waals surface area contributed by atoms with E-state index in [0.29, 0.717) is 17.5 Å². The van der Waals surface area contributed by atoms with Gasteiger partial charge in [0, 0.05) is 29.7 Å². The Morgan fingerprint density at radius 2 is 1.85 bits per heavy atom. The molecule has 3 aromatic rings. The topological polar surface area (TPSA) is 134 Å². The molecule has 0 unspecified atom stereocenters. The fraction of sp³-hybridized carbons (Fsp3) is 0.227. The van der Waals surface area contributed by atoms with Crippen LogP contribution in [-0.2, 0) is 20.4 Å². The van der Waals surface area contributed by atoms with Gasteiger partial charge in [0.05, 0.1) is 25.2 Å². The molecule has 0 fully saturated rings. The summed E-state index contributed by atoms with van der Waals surface area (Å²) in [5.74, 6) is -2.70. The minimum atomic E-state index is -3.81. The zero-order valence-electron chi connectivity index (χ0n) is 17.8. The Hall–Kier alpha value is -3.80. The number of hydrogen-bond acceptors (Lipinski definition) is 8. The van der Waals surface area contributed by atoms with E-state index < -0.39 is 38.9 Å². The minimum Gasteiger partial charge on any atom is -0.493 e. The summed E-state index contributed by atoms with van der Waals surface area (Å²) >= 11 is 0. The number of nitrogens with two attached hydrogens (primary N) is 1. The number of carbonyl (C=O) groups excluding carboxylic acids is 1. The van der Waals surface area contributed by atoms with Crippen LogP contribution in [0.4, 0.5) is 20.4 Å². The third kappa shape index (κ3) is 5.76. The van der Waals surface area contributed by atoms with Crippen LogP contribution in [0, 0.1) is 11.6 Å². The molecule has 0 saturated carbocycles. The van der Waals surface area contributed by atoms with Crippen LogP contribution in [0.5, 0.6) is 11.6 Å². The number of carbonyl (C=O) groups is 1. The number of nitrogens with one attached hydrogen (secondary N) is 1. The van der Waals surface area contributed by atoms with E-state index in [9.17, 15) is 22.0 Å². The highest BCUT2D eigenvalue weighted by Crippen LogP contribution is 2.34. The summed E-state index contributed by atoms with van der Waals surface area (Å²) in [5, 5.41) is 2.90. The van der Waals surface area contributed by atoms with Crippen LogP contribution in [0.15, 0.2) is 42.6 Å². The maximum atomic E-state index is 14.6. The van der Waals surface area contributed by atoms with Crippen LogP contribution < -0.4 is 20.5 Å². The van der Waals surface area contributed by atoms with Crippen molar-refractivity contribution >= 4 is 27.4 Å². The molecule has 1 aliphatic rings. The summed E-state index contributed by atoms with van der Waals surface area (Å²) < 4.78 is 64.3. The number of benzene rings is 1. The first kappa shape index (κ1) is 23.4. The molecule has 9 nitrogen and oxygen atoms in total. The summed E-state index contributed by atoms with van der Waals surface area (Å²) in [6.45, 7) is 0.306. The molecule has 1 aliphatic heterocycles. The molecule has 34 heavy (non-hydrogen) atoms. The molecule has 12 heteroatoms. The summed E-state index contributed by atoms with van der Waals surface area (Å²) in [4.78, 5) is 19.4. The SMILES string of the molecule is NC(=O)CS(=O)(=O)Cc1cc2nc(c1)OCCCOc1cc(F)ccc1-c1cc(ncc1F)N2. The number of hydrogen-bond donors (Lipinski definition) is 2. The van der Waals surface area contributed by atoms with E-state index in [2.05, 4.69) is 15.3 Å².